The summed E-state index contributed by atoms with van der Waals surface area (Å²) in [7, 11) is 0. The molecule has 25 heavy (non-hydrogen) atoms. The van der Waals surface area contributed by atoms with Gasteiger partial charge >= 0.3 is 6.36 Å². The molecule has 4 heteroatoms. The lowest BCUT2D eigenvalue weighted by atomic mass is 9.72. The van der Waals surface area contributed by atoms with Gasteiger partial charge in [-0.15, -0.1) is 13.2 Å². The van der Waals surface area contributed by atoms with Crippen LogP contribution >= 0.6 is 0 Å². The molecule has 1 unspecified atom stereocenters. The number of hydrogen-bond acceptors (Lipinski definition) is 1. The highest BCUT2D eigenvalue weighted by Crippen LogP contribution is 2.38. The third-order valence-corrected chi connectivity index (χ3v) is 5.27. The van der Waals surface area contributed by atoms with Crippen molar-refractivity contribution < 1.29 is 17.9 Å². The highest BCUT2D eigenvalue weighted by Gasteiger charge is 2.31. The van der Waals surface area contributed by atoms with Crippen LogP contribution in [0.25, 0.3) is 0 Å². The van der Waals surface area contributed by atoms with E-state index < -0.39 is 6.36 Å². The second kappa shape index (κ2) is 10.1. The van der Waals surface area contributed by atoms with Crippen LogP contribution in [0.5, 0.6) is 0 Å². The van der Waals surface area contributed by atoms with Gasteiger partial charge in [0.2, 0.25) is 0 Å². The van der Waals surface area contributed by atoms with E-state index in [1.807, 2.05) is 0 Å². The molecule has 0 aromatic carbocycles. The Kier molecular flexibility index (Phi) is 8.81. The van der Waals surface area contributed by atoms with Crippen LogP contribution in [-0.4, -0.2) is 6.36 Å². The zero-order chi connectivity index (χ0) is 19.0. The van der Waals surface area contributed by atoms with Crippen molar-refractivity contribution in [1.29, 1.82) is 0 Å². The predicted molar refractivity (Wildman–Crippen MR) is 97.9 cm³/mol. The lowest BCUT2D eigenvalue weighted by molar-refractivity contribution is -0.305. The Labute approximate surface area is 151 Å². The molecule has 0 spiro atoms. The van der Waals surface area contributed by atoms with Gasteiger partial charge in [-0.3, -0.25) is 0 Å². The maximum Gasteiger partial charge on any atom is 0.572 e. The van der Waals surface area contributed by atoms with Gasteiger partial charge in [0.1, 0.15) is 5.76 Å². The number of allylic oxidation sites excluding steroid dienone is 5. The minimum atomic E-state index is -4.63. The SMILES string of the molecule is C=C/C(=C\C=C(/C)OC(F)(F)F)C1CCC(C(C)CCC(C)C)CC1. The summed E-state index contributed by atoms with van der Waals surface area (Å²) in [5, 5.41) is 0. The van der Waals surface area contributed by atoms with E-state index >= 15 is 0 Å². The Morgan fingerprint density at radius 1 is 1.08 bits per heavy atom. The zero-order valence-corrected chi connectivity index (χ0v) is 16.0. The van der Waals surface area contributed by atoms with Crippen LogP contribution in [0, 0.1) is 23.7 Å². The van der Waals surface area contributed by atoms with Crippen LogP contribution in [0.4, 0.5) is 13.2 Å². The molecule has 144 valence electrons. The summed E-state index contributed by atoms with van der Waals surface area (Å²) in [6, 6.07) is 0. The summed E-state index contributed by atoms with van der Waals surface area (Å²) in [5.41, 5.74) is 1.01. The molecule has 0 aromatic rings. The van der Waals surface area contributed by atoms with Crippen molar-refractivity contribution >= 4 is 0 Å². The minimum Gasteiger partial charge on any atom is -0.411 e. The molecule has 1 rings (SSSR count). The number of rotatable bonds is 8. The molecular formula is C21H33F3O. The van der Waals surface area contributed by atoms with Crippen LogP contribution in [0.2, 0.25) is 0 Å². The molecule has 0 amide bonds. The topological polar surface area (TPSA) is 9.23 Å². The van der Waals surface area contributed by atoms with E-state index in [1.54, 1.807) is 12.2 Å². The molecule has 1 nitrogen and oxygen atoms in total. The summed E-state index contributed by atoms with van der Waals surface area (Å²) in [6.07, 6.45) is 7.37. The number of halogens is 3. The Bertz CT molecular complexity index is 466. The minimum absolute atomic E-state index is 0.150. The van der Waals surface area contributed by atoms with Crippen molar-refractivity contribution in [2.24, 2.45) is 23.7 Å². The fraction of sp³-hybridized carbons (Fsp3) is 0.714. The van der Waals surface area contributed by atoms with E-state index in [0.717, 1.165) is 36.2 Å². The van der Waals surface area contributed by atoms with Gasteiger partial charge in [0.05, 0.1) is 0 Å². The Morgan fingerprint density at radius 3 is 2.16 bits per heavy atom. The lowest BCUT2D eigenvalue weighted by Crippen LogP contribution is -2.21. The summed E-state index contributed by atoms with van der Waals surface area (Å²) < 4.78 is 40.5. The molecule has 1 atom stereocenters. The van der Waals surface area contributed by atoms with Gasteiger partial charge in [-0.25, -0.2) is 0 Å². The van der Waals surface area contributed by atoms with Crippen molar-refractivity contribution in [3.63, 3.8) is 0 Å². The smallest absolute Gasteiger partial charge is 0.411 e. The summed E-state index contributed by atoms with van der Waals surface area (Å²) in [6.45, 7) is 12.0. The van der Waals surface area contributed by atoms with Crippen molar-refractivity contribution in [1.82, 2.24) is 0 Å². The monoisotopic (exact) mass is 358 g/mol. The normalized spacial score (nSPS) is 24.3. The van der Waals surface area contributed by atoms with Gasteiger partial charge in [-0.05, 0) is 67.9 Å². The van der Waals surface area contributed by atoms with Gasteiger partial charge < -0.3 is 4.74 Å². The first kappa shape index (κ1) is 21.9. The zero-order valence-electron chi connectivity index (χ0n) is 16.0. The third kappa shape index (κ3) is 8.64. The maximum absolute atomic E-state index is 12.2. The molecule has 0 N–H and O–H groups in total. The van der Waals surface area contributed by atoms with Gasteiger partial charge in [0, 0.05) is 0 Å². The molecule has 1 aliphatic carbocycles. The highest BCUT2D eigenvalue weighted by molar-refractivity contribution is 5.26. The van der Waals surface area contributed by atoms with Crippen LogP contribution in [0.1, 0.15) is 66.2 Å². The fourth-order valence-corrected chi connectivity index (χ4v) is 3.65. The second-order valence-corrected chi connectivity index (χ2v) is 7.76. The number of hydrogen-bond donors (Lipinski definition) is 0. The third-order valence-electron chi connectivity index (χ3n) is 5.27. The van der Waals surface area contributed by atoms with E-state index in [4.69, 9.17) is 0 Å². The van der Waals surface area contributed by atoms with E-state index in [1.165, 1.54) is 38.7 Å². The number of alkyl halides is 3. The molecule has 0 bridgehead atoms. The molecule has 0 aromatic heterocycles. The molecule has 1 saturated carbocycles. The largest absolute Gasteiger partial charge is 0.572 e. The standard InChI is InChI=1S/C21H33F3O/c1-6-18(10-9-17(5)25-21(22,23)24)20-13-11-19(12-14-20)16(4)8-7-15(2)3/h6,9-10,15-16,19-20H,1,7-8,11-14H2,2-5H3/b17-9+,18-10+. The van der Waals surface area contributed by atoms with Gasteiger partial charge in [-0.1, -0.05) is 52.3 Å². The van der Waals surface area contributed by atoms with Crippen LogP contribution < -0.4 is 0 Å². The second-order valence-electron chi connectivity index (χ2n) is 7.76. The fourth-order valence-electron chi connectivity index (χ4n) is 3.65. The average molecular weight is 358 g/mol. The predicted octanol–water partition coefficient (Wildman–Crippen LogP) is 7.42. The molecule has 0 heterocycles. The first-order valence-electron chi connectivity index (χ1n) is 9.39. The van der Waals surface area contributed by atoms with E-state index in [0.29, 0.717) is 5.92 Å². The molecule has 0 aliphatic heterocycles. The Morgan fingerprint density at radius 2 is 1.68 bits per heavy atom. The summed E-state index contributed by atoms with van der Waals surface area (Å²) >= 11 is 0. The van der Waals surface area contributed by atoms with Crippen LogP contribution in [-0.2, 0) is 4.74 Å². The molecule has 0 saturated heterocycles. The lowest BCUT2D eigenvalue weighted by Gasteiger charge is -2.33. The quantitative estimate of drug-likeness (QED) is 0.324. The van der Waals surface area contributed by atoms with Crippen LogP contribution in [0.3, 0.4) is 0 Å². The van der Waals surface area contributed by atoms with E-state index in [2.05, 4.69) is 32.1 Å². The summed E-state index contributed by atoms with van der Waals surface area (Å²) in [4.78, 5) is 0. The van der Waals surface area contributed by atoms with Gasteiger partial charge in [0.15, 0.2) is 0 Å². The molecule has 0 radical (unpaired) electrons. The molecule has 1 aliphatic rings. The van der Waals surface area contributed by atoms with E-state index in [-0.39, 0.29) is 5.76 Å². The molecule has 1 fully saturated rings. The number of ether oxygens (including phenoxy) is 1. The van der Waals surface area contributed by atoms with Crippen LogP contribution in [0.15, 0.2) is 36.1 Å². The Balaban J connectivity index is 2.57. The maximum atomic E-state index is 12.2. The van der Waals surface area contributed by atoms with Crippen molar-refractivity contribution in [2.45, 2.75) is 72.6 Å². The van der Waals surface area contributed by atoms with E-state index in [9.17, 15) is 13.2 Å². The Hall–Kier alpha value is -1.19. The summed E-state index contributed by atoms with van der Waals surface area (Å²) in [5.74, 6) is 2.51. The van der Waals surface area contributed by atoms with Crippen molar-refractivity contribution in [3.05, 3.63) is 36.1 Å². The van der Waals surface area contributed by atoms with Gasteiger partial charge in [0.25, 0.3) is 0 Å². The highest BCUT2D eigenvalue weighted by atomic mass is 19.4. The van der Waals surface area contributed by atoms with Crippen molar-refractivity contribution in [2.75, 3.05) is 0 Å². The first-order chi connectivity index (χ1) is 11.6. The first-order valence-corrected chi connectivity index (χ1v) is 9.39. The van der Waals surface area contributed by atoms with Crippen molar-refractivity contribution in [3.8, 4) is 0 Å². The molecular weight excluding hydrogens is 325 g/mol. The van der Waals surface area contributed by atoms with Gasteiger partial charge in [-0.2, -0.15) is 0 Å². The average Bonchev–Trinajstić information content (AvgIpc) is 2.52.